The van der Waals surface area contributed by atoms with Crippen molar-refractivity contribution in [3.8, 4) is 16.9 Å². The molecule has 3 nitrogen and oxygen atoms in total. The second-order valence-electron chi connectivity index (χ2n) is 6.71. The predicted octanol–water partition coefficient (Wildman–Crippen LogP) is 3.51. The summed E-state index contributed by atoms with van der Waals surface area (Å²) in [7, 11) is 0. The molecule has 0 saturated carbocycles. The maximum absolute atomic E-state index is 4.40. The molecule has 1 heterocycles. The third-order valence-corrected chi connectivity index (χ3v) is 7.46. The monoisotopic (exact) mass is 419 g/mol. The molecule has 27 heavy (non-hydrogen) atoms. The van der Waals surface area contributed by atoms with Crippen LogP contribution in [0.3, 0.4) is 0 Å². The van der Waals surface area contributed by atoms with Crippen LogP contribution in [0.15, 0.2) is 72.9 Å². The molecule has 3 aromatic carbocycles. The summed E-state index contributed by atoms with van der Waals surface area (Å²) < 4.78 is 4.66. The van der Waals surface area contributed by atoms with Gasteiger partial charge in [-0.25, -0.2) is 0 Å². The number of para-hydroxylation sites is 1. The molecule has 0 aliphatic rings. The number of hydrogen-bond donors (Lipinski definition) is 0. The zero-order chi connectivity index (χ0) is 18.8. The van der Waals surface area contributed by atoms with Crippen molar-refractivity contribution < 1.29 is 0 Å². The first-order valence-electron chi connectivity index (χ1n) is 8.95. The second kappa shape index (κ2) is 7.51. The van der Waals surface area contributed by atoms with Crippen LogP contribution in [0, 0.1) is 20.8 Å². The van der Waals surface area contributed by atoms with E-state index in [1.165, 1.54) is 25.6 Å². The molecule has 4 heteroatoms. The SMILES string of the molecule is Cc1cc(C)c([Se]c2ccccc2-n2cc(-c3ccccc3)nn2)c(C)c1. The van der Waals surface area contributed by atoms with Gasteiger partial charge in [-0.2, -0.15) is 0 Å². The average Bonchev–Trinajstić information content (AvgIpc) is 3.16. The van der Waals surface area contributed by atoms with Crippen molar-refractivity contribution >= 4 is 23.9 Å². The van der Waals surface area contributed by atoms with Crippen LogP contribution in [0.25, 0.3) is 16.9 Å². The van der Waals surface area contributed by atoms with Crippen molar-refractivity contribution in [2.45, 2.75) is 20.8 Å². The average molecular weight is 418 g/mol. The van der Waals surface area contributed by atoms with Gasteiger partial charge in [-0.15, -0.1) is 0 Å². The van der Waals surface area contributed by atoms with Crippen LogP contribution in [0.1, 0.15) is 16.7 Å². The zero-order valence-electron chi connectivity index (χ0n) is 15.7. The molecular weight excluding hydrogens is 397 g/mol. The Hall–Kier alpha value is -2.68. The van der Waals surface area contributed by atoms with Gasteiger partial charge in [-0.05, 0) is 0 Å². The summed E-state index contributed by atoms with van der Waals surface area (Å²) in [6, 6.07) is 23.2. The van der Waals surface area contributed by atoms with Gasteiger partial charge in [0.05, 0.1) is 0 Å². The fraction of sp³-hybridized carbons (Fsp3) is 0.130. The standard InChI is InChI=1S/C23H21N3Se/c1-16-13-17(2)23(18(3)14-16)27-22-12-8-7-11-21(22)26-15-20(24-25-26)19-9-5-4-6-10-19/h4-15H,1-3H3. The molecule has 0 radical (unpaired) electrons. The first-order valence-corrected chi connectivity index (χ1v) is 10.7. The van der Waals surface area contributed by atoms with Crippen LogP contribution < -0.4 is 8.92 Å². The third kappa shape index (κ3) is 3.73. The normalized spacial score (nSPS) is 10.9. The molecule has 0 aliphatic carbocycles. The first-order chi connectivity index (χ1) is 13.1. The molecule has 0 N–H and O–H groups in total. The molecule has 0 bridgehead atoms. The second-order valence-corrected chi connectivity index (χ2v) is 8.92. The summed E-state index contributed by atoms with van der Waals surface area (Å²) in [5, 5.41) is 8.78. The van der Waals surface area contributed by atoms with Crippen LogP contribution in [-0.2, 0) is 0 Å². The molecule has 1 aromatic heterocycles. The van der Waals surface area contributed by atoms with E-state index in [-0.39, 0.29) is 15.0 Å². The van der Waals surface area contributed by atoms with Crippen molar-refractivity contribution in [1.29, 1.82) is 0 Å². The fourth-order valence-corrected chi connectivity index (χ4v) is 5.54. The predicted molar refractivity (Wildman–Crippen MR) is 112 cm³/mol. The van der Waals surface area contributed by atoms with E-state index in [0.29, 0.717) is 0 Å². The molecule has 0 atom stereocenters. The molecule has 4 aromatic rings. The van der Waals surface area contributed by atoms with E-state index in [1.807, 2.05) is 29.1 Å². The minimum atomic E-state index is 0.206. The van der Waals surface area contributed by atoms with Crippen LogP contribution in [0.4, 0.5) is 0 Å². The Labute approximate surface area is 166 Å². The van der Waals surface area contributed by atoms with E-state index in [0.717, 1.165) is 16.9 Å². The van der Waals surface area contributed by atoms with E-state index in [9.17, 15) is 0 Å². The maximum atomic E-state index is 4.40. The van der Waals surface area contributed by atoms with Gasteiger partial charge in [0, 0.05) is 0 Å². The van der Waals surface area contributed by atoms with Gasteiger partial charge in [0.15, 0.2) is 0 Å². The van der Waals surface area contributed by atoms with Gasteiger partial charge < -0.3 is 0 Å². The van der Waals surface area contributed by atoms with Crippen molar-refractivity contribution in [3.05, 3.63) is 89.6 Å². The van der Waals surface area contributed by atoms with Gasteiger partial charge in [0.2, 0.25) is 0 Å². The molecule has 0 aliphatic heterocycles. The number of benzene rings is 3. The number of aryl methyl sites for hydroxylation is 3. The topological polar surface area (TPSA) is 30.7 Å². The summed E-state index contributed by atoms with van der Waals surface area (Å²) in [5.74, 6) is 0. The molecule has 134 valence electrons. The van der Waals surface area contributed by atoms with Gasteiger partial charge in [0.1, 0.15) is 0 Å². The number of hydrogen-bond acceptors (Lipinski definition) is 2. The summed E-state index contributed by atoms with van der Waals surface area (Å²) in [6.45, 7) is 6.58. The van der Waals surface area contributed by atoms with Crippen LogP contribution in [0.5, 0.6) is 0 Å². The van der Waals surface area contributed by atoms with Crippen molar-refractivity contribution in [3.63, 3.8) is 0 Å². The van der Waals surface area contributed by atoms with E-state index in [2.05, 4.69) is 79.6 Å². The molecule has 0 amide bonds. The van der Waals surface area contributed by atoms with Crippen LogP contribution in [0.2, 0.25) is 0 Å². The molecule has 0 saturated heterocycles. The molecule has 0 spiro atoms. The Balaban J connectivity index is 1.72. The molecular formula is C23H21N3Se. The number of aromatic nitrogens is 3. The van der Waals surface area contributed by atoms with Crippen molar-refractivity contribution in [2.24, 2.45) is 0 Å². The zero-order valence-corrected chi connectivity index (χ0v) is 17.4. The van der Waals surface area contributed by atoms with Gasteiger partial charge in [-0.1, -0.05) is 0 Å². The Morgan fingerprint density at radius 2 is 1.48 bits per heavy atom. The van der Waals surface area contributed by atoms with E-state index in [1.54, 1.807) is 0 Å². The van der Waals surface area contributed by atoms with E-state index < -0.39 is 0 Å². The summed E-state index contributed by atoms with van der Waals surface area (Å²) in [6.07, 6.45) is 2.01. The minimum absolute atomic E-state index is 0.206. The Bertz CT molecular complexity index is 1060. The van der Waals surface area contributed by atoms with Crippen molar-refractivity contribution in [2.75, 3.05) is 0 Å². The molecule has 0 fully saturated rings. The Morgan fingerprint density at radius 3 is 2.22 bits per heavy atom. The summed E-state index contributed by atoms with van der Waals surface area (Å²) in [4.78, 5) is 0. The third-order valence-electron chi connectivity index (χ3n) is 4.49. The fourth-order valence-electron chi connectivity index (χ4n) is 3.29. The van der Waals surface area contributed by atoms with E-state index in [4.69, 9.17) is 0 Å². The Kier molecular flexibility index (Phi) is 4.93. The molecule has 0 unspecified atom stereocenters. The summed E-state index contributed by atoms with van der Waals surface area (Å²) in [5.41, 5.74) is 7.13. The number of rotatable bonds is 4. The first kappa shape index (κ1) is 17.7. The van der Waals surface area contributed by atoms with Gasteiger partial charge in [-0.3, -0.25) is 0 Å². The van der Waals surface area contributed by atoms with Gasteiger partial charge in [0.25, 0.3) is 0 Å². The quantitative estimate of drug-likeness (QED) is 0.475. The number of nitrogens with zero attached hydrogens (tertiary/aromatic N) is 3. The van der Waals surface area contributed by atoms with Crippen LogP contribution in [-0.4, -0.2) is 30.0 Å². The van der Waals surface area contributed by atoms with Crippen LogP contribution >= 0.6 is 0 Å². The van der Waals surface area contributed by atoms with Crippen molar-refractivity contribution in [1.82, 2.24) is 15.0 Å². The summed E-state index contributed by atoms with van der Waals surface area (Å²) >= 11 is 0.206. The molecule has 4 rings (SSSR count). The van der Waals surface area contributed by atoms with Gasteiger partial charge >= 0.3 is 166 Å². The van der Waals surface area contributed by atoms with E-state index >= 15 is 0 Å². The Morgan fingerprint density at radius 1 is 0.815 bits per heavy atom.